The summed E-state index contributed by atoms with van der Waals surface area (Å²) >= 11 is 0. The van der Waals surface area contributed by atoms with E-state index in [-0.39, 0.29) is 6.54 Å². The maximum atomic E-state index is 13.7. The Morgan fingerprint density at radius 1 is 1.20 bits per heavy atom. The molecule has 6 nitrogen and oxygen atoms in total. The van der Waals surface area contributed by atoms with Gasteiger partial charge in [-0.1, -0.05) is 6.07 Å². The number of carboxylic acid groups (broad SMARTS) is 1. The fraction of sp³-hybridized carbons (Fsp3) is 0.400. The van der Waals surface area contributed by atoms with Crippen molar-refractivity contribution in [3.8, 4) is 5.75 Å². The normalized spacial score (nSPS) is 17.5. The van der Waals surface area contributed by atoms with E-state index in [2.05, 4.69) is 4.98 Å². The molecule has 2 aromatic carbocycles. The van der Waals surface area contributed by atoms with Crippen LogP contribution in [0.15, 0.2) is 36.5 Å². The van der Waals surface area contributed by atoms with E-state index in [4.69, 9.17) is 4.74 Å². The second kappa shape index (κ2) is 10.2. The van der Waals surface area contributed by atoms with Gasteiger partial charge in [-0.05, 0) is 42.3 Å². The van der Waals surface area contributed by atoms with Crippen LogP contribution >= 0.6 is 0 Å². The second-order valence-electron chi connectivity index (χ2n) is 8.73. The highest BCUT2D eigenvalue weighted by Gasteiger charge is 2.32. The third-order valence-electron chi connectivity index (χ3n) is 6.59. The fourth-order valence-corrected chi connectivity index (χ4v) is 4.89. The number of halogens is 4. The van der Waals surface area contributed by atoms with Crippen LogP contribution in [0.5, 0.6) is 5.75 Å². The van der Waals surface area contributed by atoms with Crippen LogP contribution in [-0.4, -0.2) is 65.6 Å². The molecule has 1 aliphatic rings. The van der Waals surface area contributed by atoms with Crippen molar-refractivity contribution in [1.82, 2.24) is 14.8 Å². The molecule has 0 unspecified atom stereocenters. The molecule has 3 aromatic rings. The molecule has 35 heavy (non-hydrogen) atoms. The van der Waals surface area contributed by atoms with Gasteiger partial charge in [0.25, 0.3) is 12.9 Å². The number of H-pyrrole nitrogens is 1. The molecule has 0 spiro atoms. The van der Waals surface area contributed by atoms with Crippen molar-refractivity contribution in [2.45, 2.75) is 32.4 Å². The number of carboxylic acids is 1. The lowest BCUT2D eigenvalue weighted by molar-refractivity contribution is 0.0244. The van der Waals surface area contributed by atoms with Crippen LogP contribution in [0.2, 0.25) is 0 Å². The first kappa shape index (κ1) is 25.0. The summed E-state index contributed by atoms with van der Waals surface area (Å²) in [4.78, 5) is 18.3. The van der Waals surface area contributed by atoms with Gasteiger partial charge < -0.3 is 14.8 Å². The summed E-state index contributed by atoms with van der Waals surface area (Å²) in [6, 6.07) is 7.22. The zero-order chi connectivity index (χ0) is 25.3. The molecule has 10 heteroatoms. The highest BCUT2D eigenvalue weighted by molar-refractivity contribution is 5.89. The number of benzene rings is 2. The molecule has 0 radical (unpaired) electrons. The minimum Gasteiger partial charge on any atom is -0.496 e. The molecule has 1 atom stereocenters. The topological polar surface area (TPSA) is 68.8 Å². The van der Waals surface area contributed by atoms with Crippen molar-refractivity contribution in [2.24, 2.45) is 0 Å². The number of aromatic amines is 1. The molecule has 1 aromatic heterocycles. The minimum atomic E-state index is -2.98. The lowest BCUT2D eigenvalue weighted by atomic mass is 9.95. The number of hydrogen-bond acceptors (Lipinski definition) is 4. The Bertz CT molecular complexity index is 1210. The SMILES string of the molecule is COc1cc(C)c2[nH]ccc2c1CN1CCN(CC(F)F)C[C@@H]1c1ccc(C(=O)O)c(C(F)F)c1. The molecule has 0 saturated carbocycles. The number of methoxy groups -OCH3 is 1. The molecule has 2 heterocycles. The van der Waals surface area contributed by atoms with Crippen LogP contribution in [0.1, 0.15) is 45.1 Å². The van der Waals surface area contributed by atoms with Crippen LogP contribution in [0.25, 0.3) is 10.9 Å². The van der Waals surface area contributed by atoms with E-state index >= 15 is 0 Å². The molecule has 0 amide bonds. The molecule has 1 aliphatic heterocycles. The molecule has 4 rings (SSSR count). The number of hydrogen-bond donors (Lipinski definition) is 2. The number of fused-ring (bicyclic) bond motifs is 1. The first-order valence-corrected chi connectivity index (χ1v) is 11.2. The summed E-state index contributed by atoms with van der Waals surface area (Å²) in [5, 5.41) is 10.3. The van der Waals surface area contributed by atoms with Crippen LogP contribution < -0.4 is 4.74 Å². The van der Waals surface area contributed by atoms with Gasteiger partial charge in [0.1, 0.15) is 5.75 Å². The Kier molecular flexibility index (Phi) is 7.32. The summed E-state index contributed by atoms with van der Waals surface area (Å²) in [6.45, 7) is 2.95. The molecular weight excluding hydrogens is 466 g/mol. The monoisotopic (exact) mass is 493 g/mol. The number of aryl methyl sites for hydroxylation is 1. The van der Waals surface area contributed by atoms with Gasteiger partial charge in [-0.3, -0.25) is 9.80 Å². The summed E-state index contributed by atoms with van der Waals surface area (Å²) < 4.78 is 59.3. The average Bonchev–Trinajstić information content (AvgIpc) is 3.31. The number of aromatic nitrogens is 1. The van der Waals surface area contributed by atoms with Gasteiger partial charge in [0, 0.05) is 60.4 Å². The summed E-state index contributed by atoms with van der Waals surface area (Å²) in [7, 11) is 1.58. The molecular formula is C25H27F4N3O3. The van der Waals surface area contributed by atoms with Crippen molar-refractivity contribution in [3.63, 3.8) is 0 Å². The number of nitrogens with zero attached hydrogens (tertiary/aromatic N) is 2. The maximum Gasteiger partial charge on any atom is 0.336 e. The molecule has 0 aliphatic carbocycles. The molecule has 1 saturated heterocycles. The number of rotatable bonds is 8. The standard InChI is InChI=1S/C25H27F4N3O3/c1-14-9-21(35-2)19(16-5-6-30-23(14)16)11-32-8-7-31(13-22(26)27)12-20(32)15-3-4-17(25(33)34)18(10-15)24(28)29/h3-6,9-10,20,22,24,30H,7-8,11-13H2,1-2H3,(H,33,34)/t20-/m1/s1. The number of carbonyl (C=O) groups is 1. The number of ether oxygens (including phenoxy) is 1. The van der Waals surface area contributed by atoms with Crippen LogP contribution in [0.3, 0.4) is 0 Å². The summed E-state index contributed by atoms with van der Waals surface area (Å²) in [5.41, 5.74) is 2.28. The lowest BCUT2D eigenvalue weighted by Crippen LogP contribution is -2.49. The van der Waals surface area contributed by atoms with E-state index in [0.29, 0.717) is 30.9 Å². The van der Waals surface area contributed by atoms with E-state index in [0.717, 1.165) is 22.0 Å². The van der Waals surface area contributed by atoms with Gasteiger partial charge in [0.15, 0.2) is 0 Å². The van der Waals surface area contributed by atoms with Crippen LogP contribution in [0.4, 0.5) is 17.6 Å². The number of aromatic carboxylic acids is 1. The Morgan fingerprint density at radius 3 is 2.63 bits per heavy atom. The first-order chi connectivity index (χ1) is 16.7. The van der Waals surface area contributed by atoms with Gasteiger partial charge in [0.2, 0.25) is 0 Å². The van der Waals surface area contributed by atoms with Crippen LogP contribution in [0, 0.1) is 6.92 Å². The first-order valence-electron chi connectivity index (χ1n) is 11.2. The third kappa shape index (κ3) is 5.13. The largest absolute Gasteiger partial charge is 0.496 e. The van der Waals surface area contributed by atoms with Crippen molar-refractivity contribution in [2.75, 3.05) is 33.3 Å². The summed E-state index contributed by atoms with van der Waals surface area (Å²) in [5.74, 6) is -0.760. The highest BCUT2D eigenvalue weighted by atomic mass is 19.3. The zero-order valence-electron chi connectivity index (χ0n) is 19.4. The maximum absolute atomic E-state index is 13.7. The smallest absolute Gasteiger partial charge is 0.336 e. The van der Waals surface area contributed by atoms with E-state index in [1.807, 2.05) is 30.2 Å². The van der Waals surface area contributed by atoms with E-state index in [1.165, 1.54) is 18.2 Å². The predicted octanol–water partition coefficient (Wildman–Crippen LogP) is 5.24. The van der Waals surface area contributed by atoms with Gasteiger partial charge in [-0.25, -0.2) is 22.4 Å². The molecule has 2 N–H and O–H groups in total. The van der Waals surface area contributed by atoms with Crippen molar-refractivity contribution in [1.29, 1.82) is 0 Å². The van der Waals surface area contributed by atoms with Gasteiger partial charge >= 0.3 is 5.97 Å². The molecule has 188 valence electrons. The van der Waals surface area contributed by atoms with E-state index in [9.17, 15) is 27.5 Å². The van der Waals surface area contributed by atoms with Crippen molar-refractivity contribution in [3.05, 3.63) is 64.3 Å². The van der Waals surface area contributed by atoms with E-state index < -0.39 is 42.5 Å². The highest BCUT2D eigenvalue weighted by Crippen LogP contribution is 2.36. The zero-order valence-corrected chi connectivity index (χ0v) is 19.4. The van der Waals surface area contributed by atoms with Crippen LogP contribution in [-0.2, 0) is 6.54 Å². The second-order valence-corrected chi connectivity index (χ2v) is 8.73. The lowest BCUT2D eigenvalue weighted by Gasteiger charge is -2.42. The Hall–Kier alpha value is -3.11. The Morgan fingerprint density at radius 2 is 1.97 bits per heavy atom. The quantitative estimate of drug-likeness (QED) is 0.420. The summed E-state index contributed by atoms with van der Waals surface area (Å²) in [6.07, 6.45) is -3.67. The average molecular weight is 494 g/mol. The number of nitrogens with one attached hydrogen (secondary N) is 1. The molecule has 0 bridgehead atoms. The predicted molar refractivity (Wildman–Crippen MR) is 124 cm³/mol. The van der Waals surface area contributed by atoms with Crippen molar-refractivity contribution >= 4 is 16.9 Å². The molecule has 1 fully saturated rings. The minimum absolute atomic E-state index is 0.198. The third-order valence-corrected chi connectivity index (χ3v) is 6.59. The van der Waals surface area contributed by atoms with Gasteiger partial charge in [-0.15, -0.1) is 0 Å². The van der Waals surface area contributed by atoms with Crippen molar-refractivity contribution < 1.29 is 32.2 Å². The van der Waals surface area contributed by atoms with E-state index in [1.54, 1.807) is 12.0 Å². The Balaban J connectivity index is 1.75. The Labute approximate surface area is 200 Å². The van der Waals surface area contributed by atoms with Gasteiger partial charge in [-0.2, -0.15) is 0 Å². The fourth-order valence-electron chi connectivity index (χ4n) is 4.89. The number of alkyl halides is 4. The van der Waals surface area contributed by atoms with Gasteiger partial charge in [0.05, 0.1) is 19.2 Å². The number of piperazine rings is 1.